The highest BCUT2D eigenvalue weighted by molar-refractivity contribution is 5.90. The minimum Gasteiger partial charge on any atom is -0.326 e. The van der Waals surface area contributed by atoms with E-state index in [2.05, 4.69) is 22.8 Å². The van der Waals surface area contributed by atoms with Crippen LogP contribution >= 0.6 is 0 Å². The van der Waals surface area contributed by atoms with Crippen molar-refractivity contribution in [1.29, 1.82) is 0 Å². The molecule has 0 atom stereocenters. The molecule has 0 bridgehead atoms. The van der Waals surface area contributed by atoms with Gasteiger partial charge in [-0.3, -0.25) is 4.79 Å². The summed E-state index contributed by atoms with van der Waals surface area (Å²) in [6.07, 6.45) is 2.35. The van der Waals surface area contributed by atoms with Crippen molar-refractivity contribution in [3.63, 3.8) is 0 Å². The van der Waals surface area contributed by atoms with Crippen LogP contribution in [0.1, 0.15) is 24.0 Å². The first-order valence-electron chi connectivity index (χ1n) is 7.35. The Hall–Kier alpha value is -2.13. The maximum atomic E-state index is 11.9. The minimum absolute atomic E-state index is 0.0764. The van der Waals surface area contributed by atoms with Crippen molar-refractivity contribution < 1.29 is 4.79 Å². The summed E-state index contributed by atoms with van der Waals surface area (Å²) < 4.78 is 0. The SMILES string of the molecule is CNCc1cccc(NC(=O)CCCc2ccccc2)c1. The van der Waals surface area contributed by atoms with E-state index in [1.165, 1.54) is 11.1 Å². The molecule has 0 heterocycles. The second-order valence-electron chi connectivity index (χ2n) is 5.12. The molecule has 3 nitrogen and oxygen atoms in total. The van der Waals surface area contributed by atoms with E-state index in [0.29, 0.717) is 6.42 Å². The molecule has 0 fully saturated rings. The lowest BCUT2D eigenvalue weighted by molar-refractivity contribution is -0.116. The predicted molar refractivity (Wildman–Crippen MR) is 87.2 cm³/mol. The molecular formula is C18H22N2O. The molecule has 0 saturated heterocycles. The van der Waals surface area contributed by atoms with Crippen LogP contribution in [-0.2, 0) is 17.8 Å². The lowest BCUT2D eigenvalue weighted by Crippen LogP contribution is -2.12. The highest BCUT2D eigenvalue weighted by Crippen LogP contribution is 2.12. The van der Waals surface area contributed by atoms with E-state index in [1.807, 2.05) is 49.5 Å². The Morgan fingerprint density at radius 1 is 1.00 bits per heavy atom. The number of carbonyl (C=O) groups excluding carboxylic acids is 1. The number of aryl methyl sites for hydroxylation is 1. The smallest absolute Gasteiger partial charge is 0.224 e. The van der Waals surface area contributed by atoms with Crippen molar-refractivity contribution in [2.24, 2.45) is 0 Å². The monoisotopic (exact) mass is 282 g/mol. The third-order valence-corrected chi connectivity index (χ3v) is 3.30. The van der Waals surface area contributed by atoms with Gasteiger partial charge in [0.25, 0.3) is 0 Å². The Morgan fingerprint density at radius 2 is 1.76 bits per heavy atom. The summed E-state index contributed by atoms with van der Waals surface area (Å²) in [7, 11) is 1.91. The Balaban J connectivity index is 1.78. The molecule has 0 unspecified atom stereocenters. The van der Waals surface area contributed by atoms with Crippen LogP contribution in [0.25, 0.3) is 0 Å². The summed E-state index contributed by atoms with van der Waals surface area (Å²) in [4.78, 5) is 11.9. The predicted octanol–water partition coefficient (Wildman–Crippen LogP) is 3.37. The Morgan fingerprint density at radius 3 is 2.52 bits per heavy atom. The van der Waals surface area contributed by atoms with Crippen LogP contribution in [0.5, 0.6) is 0 Å². The number of hydrogen-bond donors (Lipinski definition) is 2. The van der Waals surface area contributed by atoms with Gasteiger partial charge in [0.1, 0.15) is 0 Å². The van der Waals surface area contributed by atoms with E-state index in [-0.39, 0.29) is 5.91 Å². The van der Waals surface area contributed by atoms with Gasteiger partial charge in [0, 0.05) is 18.7 Å². The van der Waals surface area contributed by atoms with Gasteiger partial charge in [-0.2, -0.15) is 0 Å². The molecule has 2 aromatic rings. The van der Waals surface area contributed by atoms with Gasteiger partial charge in [0.15, 0.2) is 0 Å². The first kappa shape index (κ1) is 15.3. The van der Waals surface area contributed by atoms with Crippen molar-refractivity contribution in [1.82, 2.24) is 5.32 Å². The second kappa shape index (κ2) is 8.22. The fourth-order valence-corrected chi connectivity index (χ4v) is 2.28. The van der Waals surface area contributed by atoms with Gasteiger partial charge >= 0.3 is 0 Å². The van der Waals surface area contributed by atoms with Crippen molar-refractivity contribution in [2.45, 2.75) is 25.8 Å². The van der Waals surface area contributed by atoms with Gasteiger partial charge in [-0.25, -0.2) is 0 Å². The van der Waals surface area contributed by atoms with Crippen LogP contribution in [0, 0.1) is 0 Å². The number of anilines is 1. The maximum absolute atomic E-state index is 11.9. The fraction of sp³-hybridized carbons (Fsp3) is 0.278. The molecule has 2 aromatic carbocycles. The maximum Gasteiger partial charge on any atom is 0.224 e. The second-order valence-corrected chi connectivity index (χ2v) is 5.12. The summed E-state index contributed by atoms with van der Waals surface area (Å²) in [5.74, 6) is 0.0764. The van der Waals surface area contributed by atoms with E-state index in [0.717, 1.165) is 25.1 Å². The van der Waals surface area contributed by atoms with Crippen LogP contribution in [0.15, 0.2) is 54.6 Å². The van der Waals surface area contributed by atoms with Crippen LogP contribution < -0.4 is 10.6 Å². The topological polar surface area (TPSA) is 41.1 Å². The van der Waals surface area contributed by atoms with E-state index in [1.54, 1.807) is 0 Å². The molecule has 0 aliphatic carbocycles. The van der Waals surface area contributed by atoms with Gasteiger partial charge in [-0.15, -0.1) is 0 Å². The number of hydrogen-bond acceptors (Lipinski definition) is 2. The van der Waals surface area contributed by atoms with E-state index < -0.39 is 0 Å². The Labute approximate surface area is 126 Å². The molecule has 1 amide bonds. The van der Waals surface area contributed by atoms with Crippen LogP contribution in [0.4, 0.5) is 5.69 Å². The summed E-state index contributed by atoms with van der Waals surface area (Å²) in [6, 6.07) is 18.2. The molecule has 21 heavy (non-hydrogen) atoms. The molecule has 0 aliphatic heterocycles. The van der Waals surface area contributed by atoms with Gasteiger partial charge in [0.05, 0.1) is 0 Å². The quantitative estimate of drug-likeness (QED) is 0.817. The number of amides is 1. The first-order valence-corrected chi connectivity index (χ1v) is 7.35. The lowest BCUT2D eigenvalue weighted by Gasteiger charge is -2.07. The third kappa shape index (κ3) is 5.40. The van der Waals surface area contributed by atoms with Crippen molar-refractivity contribution in [2.75, 3.05) is 12.4 Å². The standard InChI is InChI=1S/C18H22N2O/c1-19-14-16-10-5-11-17(13-16)20-18(21)12-6-9-15-7-3-2-4-8-15/h2-5,7-8,10-11,13,19H,6,9,12,14H2,1H3,(H,20,21). The molecule has 0 radical (unpaired) electrons. The average molecular weight is 282 g/mol. The fourth-order valence-electron chi connectivity index (χ4n) is 2.28. The zero-order valence-corrected chi connectivity index (χ0v) is 12.4. The van der Waals surface area contributed by atoms with Crippen molar-refractivity contribution in [3.8, 4) is 0 Å². The lowest BCUT2D eigenvalue weighted by atomic mass is 10.1. The molecule has 0 aliphatic rings. The molecule has 110 valence electrons. The highest BCUT2D eigenvalue weighted by Gasteiger charge is 2.03. The number of benzene rings is 2. The number of rotatable bonds is 7. The molecule has 3 heteroatoms. The normalized spacial score (nSPS) is 10.3. The van der Waals surface area contributed by atoms with Crippen molar-refractivity contribution >= 4 is 11.6 Å². The molecule has 0 saturated carbocycles. The number of nitrogens with one attached hydrogen (secondary N) is 2. The molecule has 0 spiro atoms. The molecule has 2 rings (SSSR count). The first-order chi connectivity index (χ1) is 10.3. The van der Waals surface area contributed by atoms with Crippen LogP contribution in [0.2, 0.25) is 0 Å². The molecule has 0 aromatic heterocycles. The van der Waals surface area contributed by atoms with Gasteiger partial charge in [-0.1, -0.05) is 42.5 Å². The van der Waals surface area contributed by atoms with Gasteiger partial charge in [0.2, 0.25) is 5.91 Å². The number of carbonyl (C=O) groups is 1. The molecular weight excluding hydrogens is 260 g/mol. The van der Waals surface area contributed by atoms with E-state index >= 15 is 0 Å². The summed E-state index contributed by atoms with van der Waals surface area (Å²) in [5, 5.41) is 6.06. The largest absolute Gasteiger partial charge is 0.326 e. The van der Waals surface area contributed by atoms with E-state index in [9.17, 15) is 4.79 Å². The zero-order valence-electron chi connectivity index (χ0n) is 12.4. The highest BCUT2D eigenvalue weighted by atomic mass is 16.1. The van der Waals surface area contributed by atoms with Crippen molar-refractivity contribution in [3.05, 3.63) is 65.7 Å². The van der Waals surface area contributed by atoms with Crippen LogP contribution in [0.3, 0.4) is 0 Å². The van der Waals surface area contributed by atoms with Gasteiger partial charge < -0.3 is 10.6 Å². The summed E-state index contributed by atoms with van der Waals surface area (Å²) in [6.45, 7) is 0.803. The van der Waals surface area contributed by atoms with Crippen LogP contribution in [-0.4, -0.2) is 13.0 Å². The third-order valence-electron chi connectivity index (χ3n) is 3.30. The Kier molecular flexibility index (Phi) is 5.98. The summed E-state index contributed by atoms with van der Waals surface area (Å²) >= 11 is 0. The average Bonchev–Trinajstić information content (AvgIpc) is 2.49. The molecule has 2 N–H and O–H groups in total. The Bertz CT molecular complexity index is 566. The van der Waals surface area contributed by atoms with E-state index in [4.69, 9.17) is 0 Å². The summed E-state index contributed by atoms with van der Waals surface area (Å²) in [5.41, 5.74) is 3.31. The minimum atomic E-state index is 0.0764. The van der Waals surface area contributed by atoms with Gasteiger partial charge in [-0.05, 0) is 43.1 Å². The zero-order chi connectivity index (χ0) is 14.9.